The average Bonchev–Trinajstić information content (AvgIpc) is 3.12. The van der Waals surface area contributed by atoms with Crippen LogP contribution in [0.15, 0.2) is 91.0 Å². The minimum atomic E-state index is -4.68. The molecule has 7 heteroatoms. The van der Waals surface area contributed by atoms with Crippen molar-refractivity contribution in [1.82, 2.24) is 14.9 Å². The van der Waals surface area contributed by atoms with Gasteiger partial charge in [-0.15, -0.1) is 0 Å². The molecular weight excluding hydrogens is 415 g/mol. The van der Waals surface area contributed by atoms with Crippen molar-refractivity contribution < 1.29 is 18.0 Å². The van der Waals surface area contributed by atoms with Crippen LogP contribution in [0.4, 0.5) is 13.2 Å². The van der Waals surface area contributed by atoms with Gasteiger partial charge in [-0.25, -0.2) is 4.98 Å². The standard InChI is InChI=1S/C25H20F3N3O/c1-31-21-15-9-8-14-20(21)29-24(31)23(18-12-6-3-7-13-18)30-22(32)16-19(25(26,27)28)17-10-4-2-5-11-17/h2-16,23H,1H3,(H,30,32)/b19-16-. The molecule has 0 saturated heterocycles. The Hall–Kier alpha value is -3.87. The molecule has 1 amide bonds. The van der Waals surface area contributed by atoms with Gasteiger partial charge in [-0.1, -0.05) is 72.8 Å². The second kappa shape index (κ2) is 8.70. The molecule has 162 valence electrons. The second-order valence-corrected chi connectivity index (χ2v) is 7.29. The Morgan fingerprint density at radius 3 is 2.16 bits per heavy atom. The van der Waals surface area contributed by atoms with Gasteiger partial charge in [0, 0.05) is 13.1 Å². The monoisotopic (exact) mass is 435 g/mol. The maximum atomic E-state index is 13.7. The molecule has 4 aromatic rings. The molecule has 1 aromatic heterocycles. The Morgan fingerprint density at radius 1 is 0.938 bits per heavy atom. The Labute approximate surface area is 183 Å². The first-order valence-corrected chi connectivity index (χ1v) is 9.95. The predicted octanol–water partition coefficient (Wildman–Crippen LogP) is 5.42. The summed E-state index contributed by atoms with van der Waals surface area (Å²) in [5.41, 5.74) is 1.21. The smallest absolute Gasteiger partial charge is 0.338 e. The highest BCUT2D eigenvalue weighted by Crippen LogP contribution is 2.34. The van der Waals surface area contributed by atoms with E-state index in [0.717, 1.165) is 11.0 Å². The molecule has 1 N–H and O–H groups in total. The van der Waals surface area contributed by atoms with Crippen LogP contribution in [0.25, 0.3) is 16.6 Å². The fourth-order valence-corrected chi connectivity index (χ4v) is 3.63. The number of hydrogen-bond acceptors (Lipinski definition) is 2. The normalized spacial score (nSPS) is 13.2. The molecule has 32 heavy (non-hydrogen) atoms. The van der Waals surface area contributed by atoms with E-state index >= 15 is 0 Å². The third kappa shape index (κ3) is 4.42. The molecule has 0 fully saturated rings. The van der Waals surface area contributed by atoms with Crippen molar-refractivity contribution in [2.24, 2.45) is 7.05 Å². The lowest BCUT2D eigenvalue weighted by Crippen LogP contribution is -2.30. The number of imidazole rings is 1. The number of rotatable bonds is 5. The summed E-state index contributed by atoms with van der Waals surface area (Å²) in [5, 5.41) is 2.73. The van der Waals surface area contributed by atoms with Crippen LogP contribution >= 0.6 is 0 Å². The van der Waals surface area contributed by atoms with E-state index in [4.69, 9.17) is 0 Å². The van der Waals surface area contributed by atoms with Gasteiger partial charge in [0.15, 0.2) is 0 Å². The predicted molar refractivity (Wildman–Crippen MR) is 118 cm³/mol. The maximum Gasteiger partial charge on any atom is 0.417 e. The van der Waals surface area contributed by atoms with Crippen molar-refractivity contribution in [2.45, 2.75) is 12.2 Å². The summed E-state index contributed by atoms with van der Waals surface area (Å²) >= 11 is 0. The van der Waals surface area contributed by atoms with E-state index in [9.17, 15) is 18.0 Å². The van der Waals surface area contributed by atoms with Gasteiger partial charge in [0.1, 0.15) is 11.9 Å². The third-order valence-corrected chi connectivity index (χ3v) is 5.17. The molecule has 4 rings (SSSR count). The highest BCUT2D eigenvalue weighted by molar-refractivity contribution is 5.96. The SMILES string of the molecule is Cn1c(C(NC(=O)/C=C(/c2ccccc2)C(F)(F)F)c2ccccc2)nc2ccccc21. The third-order valence-electron chi connectivity index (χ3n) is 5.17. The Bertz CT molecular complexity index is 1260. The van der Waals surface area contributed by atoms with E-state index in [0.29, 0.717) is 17.5 Å². The molecule has 1 heterocycles. The summed E-state index contributed by atoms with van der Waals surface area (Å²) in [6, 6.07) is 23.0. The van der Waals surface area contributed by atoms with Gasteiger partial charge in [-0.3, -0.25) is 4.79 Å². The average molecular weight is 435 g/mol. The number of para-hydroxylation sites is 2. The Kier molecular flexibility index (Phi) is 5.81. The Balaban J connectivity index is 1.75. The van der Waals surface area contributed by atoms with Crippen LogP contribution in [0, 0.1) is 0 Å². The summed E-state index contributed by atoms with van der Waals surface area (Å²) in [6.07, 6.45) is -4.08. The molecule has 4 nitrogen and oxygen atoms in total. The van der Waals surface area contributed by atoms with Crippen LogP contribution in [0.5, 0.6) is 0 Å². The molecule has 0 saturated carbocycles. The summed E-state index contributed by atoms with van der Waals surface area (Å²) in [4.78, 5) is 17.5. The lowest BCUT2D eigenvalue weighted by atomic mass is 10.0. The first kappa shape index (κ1) is 21.4. The molecular formula is C25H20F3N3O. The second-order valence-electron chi connectivity index (χ2n) is 7.29. The van der Waals surface area contributed by atoms with E-state index in [1.54, 1.807) is 30.3 Å². The van der Waals surface area contributed by atoms with E-state index in [1.165, 1.54) is 24.3 Å². The molecule has 0 radical (unpaired) electrons. The number of amides is 1. The number of halogens is 3. The van der Waals surface area contributed by atoms with Crippen molar-refractivity contribution in [3.8, 4) is 0 Å². The van der Waals surface area contributed by atoms with Gasteiger partial charge in [-0.2, -0.15) is 13.2 Å². The number of carbonyl (C=O) groups is 1. The van der Waals surface area contributed by atoms with E-state index < -0.39 is 23.7 Å². The van der Waals surface area contributed by atoms with Crippen molar-refractivity contribution in [3.05, 3.63) is 108 Å². The number of hydrogen-bond donors (Lipinski definition) is 1. The van der Waals surface area contributed by atoms with Crippen LogP contribution in [0.2, 0.25) is 0 Å². The zero-order valence-electron chi connectivity index (χ0n) is 17.2. The fourth-order valence-electron chi connectivity index (χ4n) is 3.63. The number of allylic oxidation sites excluding steroid dienone is 1. The van der Waals surface area contributed by atoms with Crippen LogP contribution in [0.1, 0.15) is 23.0 Å². The van der Waals surface area contributed by atoms with Crippen molar-refractivity contribution in [2.75, 3.05) is 0 Å². The van der Waals surface area contributed by atoms with Crippen LogP contribution in [-0.2, 0) is 11.8 Å². The van der Waals surface area contributed by atoms with Crippen LogP contribution < -0.4 is 5.32 Å². The highest BCUT2D eigenvalue weighted by atomic mass is 19.4. The maximum absolute atomic E-state index is 13.7. The summed E-state index contributed by atoms with van der Waals surface area (Å²) in [5.74, 6) is -0.338. The molecule has 1 atom stereocenters. The van der Waals surface area contributed by atoms with Gasteiger partial charge in [-0.05, 0) is 23.3 Å². The highest BCUT2D eigenvalue weighted by Gasteiger charge is 2.35. The molecule has 0 aliphatic rings. The molecule has 3 aromatic carbocycles. The van der Waals surface area contributed by atoms with Crippen LogP contribution in [0.3, 0.4) is 0 Å². The Morgan fingerprint density at radius 2 is 1.53 bits per heavy atom. The quantitative estimate of drug-likeness (QED) is 0.425. The number of benzene rings is 3. The van der Waals surface area contributed by atoms with Gasteiger partial charge in [0.2, 0.25) is 5.91 Å². The molecule has 0 aliphatic heterocycles. The van der Waals surface area contributed by atoms with Crippen LogP contribution in [-0.4, -0.2) is 21.6 Å². The first-order valence-electron chi connectivity index (χ1n) is 9.95. The summed E-state index contributed by atoms with van der Waals surface area (Å²) < 4.78 is 42.9. The van der Waals surface area contributed by atoms with E-state index in [2.05, 4.69) is 10.3 Å². The minimum absolute atomic E-state index is 0.0749. The van der Waals surface area contributed by atoms with Crippen molar-refractivity contribution in [1.29, 1.82) is 0 Å². The van der Waals surface area contributed by atoms with Crippen molar-refractivity contribution in [3.63, 3.8) is 0 Å². The number of alkyl halides is 3. The number of nitrogens with zero attached hydrogens (tertiary/aromatic N) is 2. The largest absolute Gasteiger partial charge is 0.417 e. The number of fused-ring (bicyclic) bond motifs is 1. The molecule has 0 spiro atoms. The van der Waals surface area contributed by atoms with E-state index in [1.807, 2.05) is 41.9 Å². The number of aryl methyl sites for hydroxylation is 1. The van der Waals surface area contributed by atoms with Gasteiger partial charge in [0.25, 0.3) is 0 Å². The summed E-state index contributed by atoms with van der Waals surface area (Å²) in [6.45, 7) is 0. The fraction of sp³-hybridized carbons (Fsp3) is 0.120. The van der Waals surface area contributed by atoms with Gasteiger partial charge in [0.05, 0.1) is 16.6 Å². The van der Waals surface area contributed by atoms with Gasteiger partial charge >= 0.3 is 6.18 Å². The molecule has 1 unspecified atom stereocenters. The molecule has 0 bridgehead atoms. The number of carbonyl (C=O) groups excluding carboxylic acids is 1. The van der Waals surface area contributed by atoms with Crippen molar-refractivity contribution >= 4 is 22.5 Å². The lowest BCUT2D eigenvalue weighted by molar-refractivity contribution is -0.117. The zero-order chi connectivity index (χ0) is 22.7. The zero-order valence-corrected chi connectivity index (χ0v) is 17.2. The topological polar surface area (TPSA) is 46.9 Å². The minimum Gasteiger partial charge on any atom is -0.338 e. The number of nitrogens with one attached hydrogen (secondary N) is 1. The molecule has 0 aliphatic carbocycles. The first-order chi connectivity index (χ1) is 15.3. The van der Waals surface area contributed by atoms with Gasteiger partial charge < -0.3 is 9.88 Å². The lowest BCUT2D eigenvalue weighted by Gasteiger charge is -2.19. The number of aromatic nitrogens is 2. The van der Waals surface area contributed by atoms with E-state index in [-0.39, 0.29) is 5.56 Å². The summed E-state index contributed by atoms with van der Waals surface area (Å²) in [7, 11) is 1.81.